The van der Waals surface area contributed by atoms with Gasteiger partial charge >= 0.3 is 17.9 Å². The Morgan fingerprint density at radius 3 is 2.66 bits per heavy atom. The number of esters is 3. The molecule has 2 fully saturated rings. The lowest BCUT2D eigenvalue weighted by atomic mass is 9.78. The Balaban J connectivity index is 1.38. The molecule has 2 aliphatic rings. The predicted molar refractivity (Wildman–Crippen MR) is 166 cm³/mol. The zero-order chi connectivity index (χ0) is 34.3. The number of anilines is 1. The molecule has 4 heterocycles. The van der Waals surface area contributed by atoms with E-state index in [4.69, 9.17) is 37.0 Å². The van der Waals surface area contributed by atoms with E-state index in [0.29, 0.717) is 11.3 Å². The highest BCUT2D eigenvalue weighted by Crippen LogP contribution is 2.42. The zero-order valence-corrected chi connectivity index (χ0v) is 27.2. The molecule has 0 radical (unpaired) electrons. The second-order valence-electron chi connectivity index (χ2n) is 12.3. The van der Waals surface area contributed by atoms with Crippen LogP contribution < -0.4 is 10.1 Å². The molecular weight excluding hydrogens is 634 g/mol. The van der Waals surface area contributed by atoms with Crippen molar-refractivity contribution in [2.75, 3.05) is 11.9 Å². The molecule has 0 unspecified atom stereocenters. The molecule has 0 aliphatic carbocycles. The van der Waals surface area contributed by atoms with Crippen molar-refractivity contribution in [1.82, 2.24) is 19.5 Å². The fourth-order valence-electron chi connectivity index (χ4n) is 6.14. The molecule has 3 aromatic rings. The van der Waals surface area contributed by atoms with Crippen LogP contribution >= 0.6 is 11.6 Å². The summed E-state index contributed by atoms with van der Waals surface area (Å²) in [5, 5.41) is 12.7. The molecule has 248 valence electrons. The maximum Gasteiger partial charge on any atom is 0.308 e. The minimum absolute atomic E-state index is 0.00594. The van der Waals surface area contributed by atoms with Crippen LogP contribution in [-0.2, 0) is 38.8 Å². The van der Waals surface area contributed by atoms with Crippen LogP contribution in [0.25, 0.3) is 11.2 Å². The number of terminal acetylenes is 1. The van der Waals surface area contributed by atoms with E-state index in [-0.39, 0.29) is 47.9 Å². The number of hydrogen-bond donors (Lipinski definition) is 2. The number of nitrogens with zero attached hydrogens (tertiary/aromatic N) is 4. The zero-order valence-electron chi connectivity index (χ0n) is 26.5. The van der Waals surface area contributed by atoms with E-state index < -0.39 is 59.9 Å². The van der Waals surface area contributed by atoms with Crippen molar-refractivity contribution in [3.05, 3.63) is 40.4 Å². The van der Waals surface area contributed by atoms with Gasteiger partial charge in [0.1, 0.15) is 18.1 Å². The summed E-state index contributed by atoms with van der Waals surface area (Å²) in [5.74, 6) is 0.612. The number of fused-ring (bicyclic) bond motifs is 1. The molecule has 14 nitrogen and oxygen atoms in total. The Labute approximate surface area is 275 Å². The maximum absolute atomic E-state index is 13.5. The van der Waals surface area contributed by atoms with Gasteiger partial charge in [-0.2, -0.15) is 9.97 Å². The molecule has 2 aliphatic heterocycles. The van der Waals surface area contributed by atoms with Gasteiger partial charge in [-0.1, -0.05) is 25.8 Å². The monoisotopic (exact) mass is 667 g/mol. The number of carbonyl (C=O) groups is 4. The third-order valence-electron chi connectivity index (χ3n) is 8.12. The number of benzene rings is 1. The number of carbonyl (C=O) groups excluding carboxylic acids is 4. The first kappa shape index (κ1) is 33.8. The summed E-state index contributed by atoms with van der Waals surface area (Å²) < 4.78 is 24.0. The van der Waals surface area contributed by atoms with Crippen LogP contribution in [0, 0.1) is 26.2 Å². The van der Waals surface area contributed by atoms with E-state index in [2.05, 4.69) is 26.2 Å². The van der Waals surface area contributed by atoms with Crippen LogP contribution in [-0.4, -0.2) is 72.9 Å². The van der Waals surface area contributed by atoms with Gasteiger partial charge in [0.05, 0.1) is 19.4 Å². The van der Waals surface area contributed by atoms with Gasteiger partial charge in [0.15, 0.2) is 28.7 Å². The van der Waals surface area contributed by atoms with Crippen molar-refractivity contribution in [3.63, 3.8) is 0 Å². The number of rotatable bonds is 9. The van der Waals surface area contributed by atoms with Gasteiger partial charge in [0.25, 0.3) is 5.91 Å². The van der Waals surface area contributed by atoms with Gasteiger partial charge in [-0.15, -0.1) is 6.42 Å². The quantitative estimate of drug-likeness (QED) is 0.147. The van der Waals surface area contributed by atoms with Crippen LogP contribution in [0.5, 0.6) is 5.75 Å². The number of aryl methyl sites for hydroxylation is 2. The number of amides is 1. The van der Waals surface area contributed by atoms with Gasteiger partial charge in [-0.05, 0) is 42.6 Å². The van der Waals surface area contributed by atoms with Crippen molar-refractivity contribution >= 4 is 52.4 Å². The summed E-state index contributed by atoms with van der Waals surface area (Å²) in [4.78, 5) is 62.1. The topological polar surface area (TPSA) is 181 Å². The van der Waals surface area contributed by atoms with Crippen molar-refractivity contribution < 1.29 is 43.2 Å². The third-order valence-corrected chi connectivity index (χ3v) is 8.29. The molecule has 4 atom stereocenters. The normalized spacial score (nSPS) is 22.5. The fourth-order valence-corrected chi connectivity index (χ4v) is 6.31. The number of halogens is 1. The van der Waals surface area contributed by atoms with E-state index in [0.717, 1.165) is 11.1 Å². The first-order valence-electron chi connectivity index (χ1n) is 14.8. The number of ether oxygens (including phenoxy) is 4. The smallest absolute Gasteiger partial charge is 0.308 e. The Bertz CT molecular complexity index is 1820. The number of aliphatic hydroxyl groups excluding tert-OH is 1. The molecule has 2 N–H and O–H groups in total. The van der Waals surface area contributed by atoms with E-state index in [9.17, 15) is 24.3 Å². The predicted octanol–water partition coefficient (Wildman–Crippen LogP) is 3.23. The van der Waals surface area contributed by atoms with Crippen LogP contribution in [0.4, 0.5) is 5.82 Å². The Morgan fingerprint density at radius 1 is 1.28 bits per heavy atom. The molecular formula is C32H34ClN5O9. The lowest BCUT2D eigenvalue weighted by Crippen LogP contribution is -2.44. The van der Waals surface area contributed by atoms with E-state index in [1.54, 1.807) is 6.07 Å². The lowest BCUT2D eigenvalue weighted by molar-refractivity contribution is -0.160. The molecule has 0 spiro atoms. The van der Waals surface area contributed by atoms with Gasteiger partial charge in [-0.25, -0.2) is 4.98 Å². The average Bonchev–Trinajstić information content (AvgIpc) is 3.68. The maximum atomic E-state index is 13.5. The van der Waals surface area contributed by atoms with Crippen molar-refractivity contribution in [1.29, 1.82) is 0 Å². The average molecular weight is 668 g/mol. The molecule has 2 saturated heterocycles. The van der Waals surface area contributed by atoms with E-state index in [1.165, 1.54) is 17.8 Å². The molecule has 1 amide bonds. The summed E-state index contributed by atoms with van der Waals surface area (Å²) >= 11 is 6.19. The highest BCUT2D eigenvalue weighted by molar-refractivity contribution is 6.28. The van der Waals surface area contributed by atoms with E-state index in [1.807, 2.05) is 33.8 Å². The number of hydrogen-bond acceptors (Lipinski definition) is 12. The van der Waals surface area contributed by atoms with Crippen LogP contribution in [0.15, 0.2) is 18.5 Å². The Kier molecular flexibility index (Phi) is 9.27. The van der Waals surface area contributed by atoms with E-state index >= 15 is 0 Å². The van der Waals surface area contributed by atoms with Crippen LogP contribution in [0.2, 0.25) is 5.28 Å². The van der Waals surface area contributed by atoms with Crippen molar-refractivity contribution in [2.45, 2.75) is 89.8 Å². The highest BCUT2D eigenvalue weighted by Gasteiger charge is 2.51. The number of nitrogens with one attached hydrogen (secondary N) is 1. The number of imidazole rings is 1. The SMILES string of the molecule is C#C[C@]1(CO)O[C@@H](n2cnc3c(NC(=O)[C@H]4CCC(=O)O4)nc(Cl)nc32)C[C@@H]1OC(=O)CC(C)(C)c1c(C)cc(C)cc1OC(C)=O. The first-order valence-corrected chi connectivity index (χ1v) is 15.2. The summed E-state index contributed by atoms with van der Waals surface area (Å²) in [6, 6.07) is 3.68. The number of cyclic esters (lactones) is 1. The molecule has 47 heavy (non-hydrogen) atoms. The summed E-state index contributed by atoms with van der Waals surface area (Å²) in [6.45, 7) is 8.06. The number of aromatic nitrogens is 4. The minimum Gasteiger partial charge on any atom is -0.458 e. The summed E-state index contributed by atoms with van der Waals surface area (Å²) in [5.41, 5.74) is 0.195. The van der Waals surface area contributed by atoms with Gasteiger partial charge in [0, 0.05) is 37.2 Å². The number of aliphatic hydroxyl groups is 1. The Hall–Kier alpha value is -4.58. The molecule has 0 saturated carbocycles. The van der Waals surface area contributed by atoms with Gasteiger partial charge in [0.2, 0.25) is 5.28 Å². The molecule has 5 rings (SSSR count). The van der Waals surface area contributed by atoms with Gasteiger partial charge < -0.3 is 29.4 Å². The fraction of sp³-hybridized carbons (Fsp3) is 0.469. The summed E-state index contributed by atoms with van der Waals surface area (Å²) in [6.07, 6.45) is 4.46. The molecule has 0 bridgehead atoms. The largest absolute Gasteiger partial charge is 0.458 e. The second kappa shape index (κ2) is 12.9. The summed E-state index contributed by atoms with van der Waals surface area (Å²) in [7, 11) is 0. The van der Waals surface area contributed by atoms with Gasteiger partial charge in [-0.3, -0.25) is 23.7 Å². The second-order valence-corrected chi connectivity index (χ2v) is 12.6. The third kappa shape index (κ3) is 6.78. The van der Waals surface area contributed by atoms with Crippen molar-refractivity contribution in [2.24, 2.45) is 0 Å². The first-order chi connectivity index (χ1) is 22.2. The standard InChI is InChI=1S/C32H34ClN5O9/c1-7-32(14-39)21(46-24(42)13-31(5,6)25-17(3)10-16(2)11-20(25)44-18(4)40)12-22(47-32)38-15-34-26-27(36-30(33)37-28(26)38)35-29(43)19-8-9-23(41)45-19/h1,10-11,15,19,21-22,39H,8-9,12-14H2,2-6H3,(H,35,36,37,43)/t19-,21+,22-,32-/m1/s1. The molecule has 1 aromatic carbocycles. The van der Waals surface area contributed by atoms with Crippen LogP contribution in [0.1, 0.15) is 69.4 Å². The lowest BCUT2D eigenvalue weighted by Gasteiger charge is -2.31. The Morgan fingerprint density at radius 2 is 2.02 bits per heavy atom. The minimum atomic E-state index is -1.70. The highest BCUT2D eigenvalue weighted by atomic mass is 35.5. The van der Waals surface area contributed by atoms with Crippen LogP contribution in [0.3, 0.4) is 0 Å². The molecule has 15 heteroatoms. The van der Waals surface area contributed by atoms with Crippen molar-refractivity contribution in [3.8, 4) is 18.1 Å². The molecule has 2 aromatic heterocycles.